The van der Waals surface area contributed by atoms with E-state index >= 15 is 0 Å². The summed E-state index contributed by atoms with van der Waals surface area (Å²) in [5.74, 6) is 0.733. The number of hydrogen-bond acceptors (Lipinski definition) is 3. The molecule has 2 heterocycles. The molecular weight excluding hydrogens is 564 g/mol. The third kappa shape index (κ3) is 5.97. The molecule has 0 aliphatic rings. The van der Waals surface area contributed by atoms with Gasteiger partial charge in [0.2, 0.25) is 0 Å². The van der Waals surface area contributed by atoms with Gasteiger partial charge >= 0.3 is 0 Å². The van der Waals surface area contributed by atoms with Gasteiger partial charge in [0.1, 0.15) is 0 Å². The van der Waals surface area contributed by atoms with E-state index in [1.165, 1.54) is 33.6 Å². The van der Waals surface area contributed by atoms with E-state index < -0.39 is 0 Å². The first-order valence-corrected chi connectivity index (χ1v) is 16.4. The smallest absolute Gasteiger partial charge is 0.193 e. The molecule has 4 aromatic carbocycles. The number of rotatable bonds is 10. The molecular formula is C41H42N4O. The van der Waals surface area contributed by atoms with Gasteiger partial charge in [-0.3, -0.25) is 4.79 Å². The molecule has 5 nitrogen and oxygen atoms in total. The Balaban J connectivity index is 1.29. The Morgan fingerprint density at radius 3 is 1.50 bits per heavy atom. The van der Waals surface area contributed by atoms with Gasteiger partial charge < -0.3 is 9.13 Å². The van der Waals surface area contributed by atoms with E-state index in [2.05, 4.69) is 99.5 Å². The monoisotopic (exact) mass is 606 g/mol. The SMILES string of the molecule is CCc1cccc(CC)c1-n1cnc(-c2cccc(C(=O)c3cccc(-c4cn(-c5c(C(C)C)cccc5C(C)C)cn4)c3)c2)c1. The molecule has 6 rings (SSSR count). The van der Waals surface area contributed by atoms with Crippen molar-refractivity contribution in [3.8, 4) is 33.9 Å². The molecule has 0 amide bonds. The van der Waals surface area contributed by atoms with E-state index in [-0.39, 0.29) is 5.78 Å². The van der Waals surface area contributed by atoms with E-state index in [1.807, 2.05) is 61.2 Å². The van der Waals surface area contributed by atoms with Crippen LogP contribution in [0.1, 0.15) is 91.6 Å². The Bertz CT molecular complexity index is 1960. The summed E-state index contributed by atoms with van der Waals surface area (Å²) in [5, 5.41) is 0. The van der Waals surface area contributed by atoms with Crippen LogP contribution in [0.2, 0.25) is 0 Å². The van der Waals surface area contributed by atoms with Crippen molar-refractivity contribution >= 4 is 5.78 Å². The van der Waals surface area contributed by atoms with Crippen LogP contribution in [0.5, 0.6) is 0 Å². The normalized spacial score (nSPS) is 11.5. The highest BCUT2D eigenvalue weighted by Gasteiger charge is 2.18. The van der Waals surface area contributed by atoms with E-state index in [1.54, 1.807) is 0 Å². The molecule has 46 heavy (non-hydrogen) atoms. The number of hydrogen-bond donors (Lipinski definition) is 0. The van der Waals surface area contributed by atoms with Crippen molar-refractivity contribution in [2.75, 3.05) is 0 Å². The van der Waals surface area contributed by atoms with E-state index in [0.29, 0.717) is 23.0 Å². The zero-order valence-corrected chi connectivity index (χ0v) is 27.7. The molecule has 0 radical (unpaired) electrons. The van der Waals surface area contributed by atoms with Crippen LogP contribution in [0, 0.1) is 0 Å². The summed E-state index contributed by atoms with van der Waals surface area (Å²) in [6.45, 7) is 13.3. The molecule has 0 saturated heterocycles. The molecule has 0 N–H and O–H groups in total. The fourth-order valence-corrected chi connectivity index (χ4v) is 6.35. The van der Waals surface area contributed by atoms with E-state index in [0.717, 1.165) is 35.4 Å². The number of para-hydroxylation sites is 2. The number of aromatic nitrogens is 4. The largest absolute Gasteiger partial charge is 0.305 e. The number of ketones is 1. The van der Waals surface area contributed by atoms with Gasteiger partial charge in [0.15, 0.2) is 5.78 Å². The van der Waals surface area contributed by atoms with Crippen molar-refractivity contribution < 1.29 is 4.79 Å². The first-order chi connectivity index (χ1) is 22.3. The zero-order valence-electron chi connectivity index (χ0n) is 27.7. The summed E-state index contributed by atoms with van der Waals surface area (Å²) < 4.78 is 4.26. The zero-order chi connectivity index (χ0) is 32.4. The predicted molar refractivity (Wildman–Crippen MR) is 188 cm³/mol. The van der Waals surface area contributed by atoms with Gasteiger partial charge in [-0.15, -0.1) is 0 Å². The molecule has 2 aromatic heterocycles. The van der Waals surface area contributed by atoms with Gasteiger partial charge in [0, 0.05) is 34.6 Å². The number of imidazole rings is 2. The molecule has 0 atom stereocenters. The maximum absolute atomic E-state index is 13.8. The summed E-state index contributed by atoms with van der Waals surface area (Å²) in [4.78, 5) is 23.3. The minimum Gasteiger partial charge on any atom is -0.305 e. The maximum Gasteiger partial charge on any atom is 0.193 e. The van der Waals surface area contributed by atoms with E-state index in [4.69, 9.17) is 9.97 Å². The van der Waals surface area contributed by atoms with Gasteiger partial charge in [-0.1, -0.05) is 114 Å². The third-order valence-corrected chi connectivity index (χ3v) is 8.83. The number of carbonyl (C=O) groups is 1. The molecule has 5 heteroatoms. The first kappa shape index (κ1) is 31.0. The molecule has 0 bridgehead atoms. The van der Waals surface area contributed by atoms with Crippen LogP contribution in [0.25, 0.3) is 33.9 Å². The lowest BCUT2D eigenvalue weighted by atomic mass is 9.92. The second-order valence-electron chi connectivity index (χ2n) is 12.5. The van der Waals surface area contributed by atoms with Crippen LogP contribution in [0.3, 0.4) is 0 Å². The van der Waals surface area contributed by atoms with Crippen molar-refractivity contribution in [1.29, 1.82) is 0 Å². The second kappa shape index (κ2) is 13.1. The minimum atomic E-state index is -0.0283. The first-order valence-electron chi connectivity index (χ1n) is 16.4. The highest BCUT2D eigenvalue weighted by molar-refractivity contribution is 6.10. The molecule has 6 aromatic rings. The summed E-state index contributed by atoms with van der Waals surface area (Å²) in [6, 6.07) is 28.6. The van der Waals surface area contributed by atoms with Crippen molar-refractivity contribution in [3.05, 3.63) is 143 Å². The lowest BCUT2D eigenvalue weighted by Gasteiger charge is -2.20. The number of aryl methyl sites for hydroxylation is 2. The van der Waals surface area contributed by atoms with Crippen molar-refractivity contribution in [1.82, 2.24) is 19.1 Å². The van der Waals surface area contributed by atoms with Crippen molar-refractivity contribution in [3.63, 3.8) is 0 Å². The van der Waals surface area contributed by atoms with Crippen molar-refractivity contribution in [2.45, 2.75) is 66.2 Å². The number of nitrogens with zero attached hydrogens (tertiary/aromatic N) is 4. The predicted octanol–water partition coefficient (Wildman–Crippen LogP) is 9.99. The molecule has 0 fully saturated rings. The standard InChI is InChI=1S/C41H42N4O/c1-7-29-13-9-14-30(8-2)39(29)44-23-37(42-25-44)31-15-10-17-33(21-31)41(46)34-18-11-16-32(22-34)38-24-45(26-43-38)40-35(27(3)4)19-12-20-36(40)28(5)6/h9-28H,7-8H2,1-6H3. The topological polar surface area (TPSA) is 52.7 Å². The molecule has 0 unspecified atom stereocenters. The maximum atomic E-state index is 13.8. The van der Waals surface area contributed by atoms with Gasteiger partial charge in [-0.2, -0.15) is 0 Å². The second-order valence-corrected chi connectivity index (χ2v) is 12.5. The summed E-state index contributed by atoms with van der Waals surface area (Å²) in [6.07, 6.45) is 9.81. The van der Waals surface area contributed by atoms with E-state index in [9.17, 15) is 4.79 Å². The molecule has 0 aliphatic carbocycles. The summed E-state index contributed by atoms with van der Waals surface area (Å²) in [5.41, 5.74) is 12.3. The lowest BCUT2D eigenvalue weighted by Crippen LogP contribution is -2.05. The van der Waals surface area contributed by atoms with Crippen LogP contribution in [-0.4, -0.2) is 24.9 Å². The van der Waals surface area contributed by atoms with Gasteiger partial charge in [0.05, 0.1) is 35.4 Å². The average Bonchev–Trinajstić information content (AvgIpc) is 3.78. The Morgan fingerprint density at radius 2 is 1.04 bits per heavy atom. The molecule has 0 aliphatic heterocycles. The quantitative estimate of drug-likeness (QED) is 0.146. The summed E-state index contributed by atoms with van der Waals surface area (Å²) in [7, 11) is 0. The lowest BCUT2D eigenvalue weighted by molar-refractivity contribution is 0.103. The Hall–Kier alpha value is -5.03. The van der Waals surface area contributed by atoms with Crippen LogP contribution < -0.4 is 0 Å². The average molecular weight is 607 g/mol. The van der Waals surface area contributed by atoms with Crippen molar-refractivity contribution in [2.24, 2.45) is 0 Å². The molecule has 0 spiro atoms. The Kier molecular flexibility index (Phi) is 8.85. The highest BCUT2D eigenvalue weighted by atomic mass is 16.1. The third-order valence-electron chi connectivity index (χ3n) is 8.83. The molecule has 232 valence electrons. The highest BCUT2D eigenvalue weighted by Crippen LogP contribution is 2.32. The Labute approximate surface area is 272 Å². The van der Waals surface area contributed by atoms with Crippen LogP contribution >= 0.6 is 0 Å². The van der Waals surface area contributed by atoms with Crippen LogP contribution in [0.4, 0.5) is 0 Å². The fraction of sp³-hybridized carbons (Fsp3) is 0.244. The minimum absolute atomic E-state index is 0.0283. The Morgan fingerprint density at radius 1 is 0.609 bits per heavy atom. The van der Waals surface area contributed by atoms with Gasteiger partial charge in [-0.25, -0.2) is 9.97 Å². The summed E-state index contributed by atoms with van der Waals surface area (Å²) >= 11 is 0. The number of carbonyl (C=O) groups excluding carboxylic acids is 1. The van der Waals surface area contributed by atoms with Crippen LogP contribution in [-0.2, 0) is 12.8 Å². The van der Waals surface area contributed by atoms with Gasteiger partial charge in [-0.05, 0) is 59.1 Å². The van der Waals surface area contributed by atoms with Gasteiger partial charge in [0.25, 0.3) is 0 Å². The van der Waals surface area contributed by atoms with Crippen LogP contribution in [0.15, 0.2) is 110 Å². The molecule has 0 saturated carbocycles. The number of benzene rings is 4. The fourth-order valence-electron chi connectivity index (χ4n) is 6.35.